The van der Waals surface area contributed by atoms with Gasteiger partial charge in [0.2, 0.25) is 0 Å². The first-order chi connectivity index (χ1) is 9.90. The Kier molecular flexibility index (Phi) is 2.82. The van der Waals surface area contributed by atoms with E-state index in [0.717, 1.165) is 13.0 Å². The van der Waals surface area contributed by atoms with Crippen LogP contribution in [0.3, 0.4) is 0 Å². The topological polar surface area (TPSA) is 12.0 Å². The molecular formula is C18H15NS. The van der Waals surface area contributed by atoms with Crippen LogP contribution in [0.5, 0.6) is 0 Å². The van der Waals surface area contributed by atoms with Gasteiger partial charge in [-0.15, -0.1) is 11.3 Å². The molecule has 0 bridgehead atoms. The largest absolute Gasteiger partial charge is 0.380 e. The first-order valence-corrected chi connectivity index (χ1v) is 7.75. The zero-order valence-electron chi connectivity index (χ0n) is 11.1. The van der Waals surface area contributed by atoms with Gasteiger partial charge in [0, 0.05) is 17.1 Å². The minimum absolute atomic E-state index is 0.906. The van der Waals surface area contributed by atoms with Gasteiger partial charge in [-0.1, -0.05) is 36.4 Å². The first-order valence-electron chi connectivity index (χ1n) is 6.87. The Bertz CT molecular complexity index is 744. The second-order valence-corrected chi connectivity index (χ2v) is 6.17. The Labute approximate surface area is 122 Å². The van der Waals surface area contributed by atoms with Gasteiger partial charge < -0.3 is 5.32 Å². The average molecular weight is 277 g/mol. The molecule has 0 spiro atoms. The third-order valence-electron chi connectivity index (χ3n) is 3.84. The molecule has 1 nitrogen and oxygen atoms in total. The van der Waals surface area contributed by atoms with Gasteiger partial charge in [0.15, 0.2) is 0 Å². The van der Waals surface area contributed by atoms with Gasteiger partial charge in [-0.05, 0) is 52.3 Å². The summed E-state index contributed by atoms with van der Waals surface area (Å²) in [5.74, 6) is 0. The van der Waals surface area contributed by atoms with Crippen LogP contribution in [0.25, 0.3) is 11.1 Å². The number of hydrogen-bond donors (Lipinski definition) is 1. The van der Waals surface area contributed by atoms with Crippen LogP contribution in [-0.4, -0.2) is 0 Å². The highest BCUT2D eigenvalue weighted by Gasteiger charge is 2.17. The van der Waals surface area contributed by atoms with Gasteiger partial charge in [0.05, 0.1) is 0 Å². The molecule has 4 rings (SSSR count). The number of anilines is 1. The predicted molar refractivity (Wildman–Crippen MR) is 86.3 cm³/mol. The van der Waals surface area contributed by atoms with Crippen molar-refractivity contribution in [3.8, 4) is 11.1 Å². The fourth-order valence-electron chi connectivity index (χ4n) is 2.86. The number of hydrogen-bond acceptors (Lipinski definition) is 2. The molecule has 2 aromatic carbocycles. The molecule has 0 amide bonds. The van der Waals surface area contributed by atoms with Gasteiger partial charge in [0.1, 0.15) is 0 Å². The summed E-state index contributed by atoms with van der Waals surface area (Å²) >= 11 is 1.79. The van der Waals surface area contributed by atoms with Crippen molar-refractivity contribution >= 4 is 17.0 Å². The maximum atomic E-state index is 3.51. The molecule has 1 aliphatic carbocycles. The van der Waals surface area contributed by atoms with Crippen LogP contribution in [0.4, 0.5) is 5.69 Å². The van der Waals surface area contributed by atoms with E-state index in [4.69, 9.17) is 0 Å². The molecule has 0 atom stereocenters. The fraction of sp³-hybridized carbons (Fsp3) is 0.111. The molecule has 0 unspecified atom stereocenters. The molecule has 0 radical (unpaired) electrons. The van der Waals surface area contributed by atoms with E-state index in [1.54, 1.807) is 11.3 Å². The number of benzene rings is 2. The van der Waals surface area contributed by atoms with E-state index < -0.39 is 0 Å². The molecule has 0 aliphatic heterocycles. The van der Waals surface area contributed by atoms with Crippen LogP contribution >= 0.6 is 11.3 Å². The lowest BCUT2D eigenvalue weighted by Crippen LogP contribution is -1.97. The number of thiophene rings is 1. The number of fused-ring (bicyclic) bond motifs is 3. The van der Waals surface area contributed by atoms with Crippen LogP contribution in [0.1, 0.15) is 16.0 Å². The first kappa shape index (κ1) is 11.7. The third-order valence-corrected chi connectivity index (χ3v) is 4.72. The van der Waals surface area contributed by atoms with E-state index in [2.05, 4.69) is 65.3 Å². The molecule has 3 aromatic rings. The van der Waals surface area contributed by atoms with E-state index in [1.807, 2.05) is 0 Å². The Balaban J connectivity index is 1.59. The summed E-state index contributed by atoms with van der Waals surface area (Å²) in [6, 6.07) is 19.7. The van der Waals surface area contributed by atoms with Crippen LogP contribution in [-0.2, 0) is 13.0 Å². The fourth-order valence-corrected chi connectivity index (χ4v) is 3.50. The summed E-state index contributed by atoms with van der Waals surface area (Å²) in [5, 5.41) is 5.64. The monoisotopic (exact) mass is 277 g/mol. The molecule has 1 heterocycles. The number of nitrogens with one attached hydrogen (secondary N) is 1. The van der Waals surface area contributed by atoms with Crippen molar-refractivity contribution in [2.45, 2.75) is 13.0 Å². The summed E-state index contributed by atoms with van der Waals surface area (Å²) in [7, 11) is 0. The third kappa shape index (κ3) is 2.02. The summed E-state index contributed by atoms with van der Waals surface area (Å²) in [5.41, 5.74) is 6.87. The zero-order chi connectivity index (χ0) is 13.4. The van der Waals surface area contributed by atoms with Crippen LogP contribution in [0.2, 0.25) is 0 Å². The van der Waals surface area contributed by atoms with Gasteiger partial charge >= 0.3 is 0 Å². The van der Waals surface area contributed by atoms with E-state index in [9.17, 15) is 0 Å². The van der Waals surface area contributed by atoms with Crippen LogP contribution < -0.4 is 5.32 Å². The summed E-state index contributed by atoms with van der Waals surface area (Å²) in [6.07, 6.45) is 1.06. The lowest BCUT2D eigenvalue weighted by atomic mass is 10.1. The Morgan fingerprint density at radius 1 is 0.900 bits per heavy atom. The molecule has 1 aliphatic rings. The second kappa shape index (κ2) is 4.80. The van der Waals surface area contributed by atoms with Gasteiger partial charge in [-0.2, -0.15) is 0 Å². The van der Waals surface area contributed by atoms with Crippen molar-refractivity contribution in [1.29, 1.82) is 0 Å². The molecular weight excluding hydrogens is 262 g/mol. The maximum Gasteiger partial charge on any atom is 0.0494 e. The zero-order valence-corrected chi connectivity index (χ0v) is 11.9. The van der Waals surface area contributed by atoms with Crippen molar-refractivity contribution < 1.29 is 0 Å². The van der Waals surface area contributed by atoms with E-state index in [1.165, 1.54) is 32.8 Å². The highest BCUT2D eigenvalue weighted by molar-refractivity contribution is 7.09. The number of rotatable bonds is 3. The average Bonchev–Trinajstić information content (AvgIpc) is 3.12. The Morgan fingerprint density at radius 3 is 2.70 bits per heavy atom. The predicted octanol–water partition coefficient (Wildman–Crippen LogP) is 4.93. The van der Waals surface area contributed by atoms with Crippen LogP contribution in [0.15, 0.2) is 60.0 Å². The lowest BCUT2D eigenvalue weighted by molar-refractivity contribution is 1.18. The molecule has 2 heteroatoms. The van der Waals surface area contributed by atoms with Crippen molar-refractivity contribution in [2.75, 3.05) is 5.32 Å². The minimum Gasteiger partial charge on any atom is -0.380 e. The quantitative estimate of drug-likeness (QED) is 0.560. The van der Waals surface area contributed by atoms with Crippen molar-refractivity contribution in [3.63, 3.8) is 0 Å². The molecule has 0 saturated carbocycles. The summed E-state index contributed by atoms with van der Waals surface area (Å²) in [6.45, 7) is 0.906. The van der Waals surface area contributed by atoms with Gasteiger partial charge in [0.25, 0.3) is 0 Å². The van der Waals surface area contributed by atoms with Crippen molar-refractivity contribution in [1.82, 2.24) is 0 Å². The van der Waals surface area contributed by atoms with Gasteiger partial charge in [-0.25, -0.2) is 0 Å². The molecule has 1 N–H and O–H groups in total. The van der Waals surface area contributed by atoms with E-state index >= 15 is 0 Å². The highest BCUT2D eigenvalue weighted by Crippen LogP contribution is 2.37. The van der Waals surface area contributed by atoms with Crippen molar-refractivity contribution in [2.24, 2.45) is 0 Å². The summed E-state index contributed by atoms with van der Waals surface area (Å²) < 4.78 is 0. The Hall–Kier alpha value is -2.06. The minimum atomic E-state index is 0.906. The Morgan fingerprint density at radius 2 is 1.80 bits per heavy atom. The summed E-state index contributed by atoms with van der Waals surface area (Å²) in [4.78, 5) is 1.37. The molecule has 20 heavy (non-hydrogen) atoms. The highest BCUT2D eigenvalue weighted by atomic mass is 32.1. The van der Waals surface area contributed by atoms with Crippen molar-refractivity contribution in [3.05, 3.63) is 76.0 Å². The van der Waals surface area contributed by atoms with Crippen LogP contribution in [0, 0.1) is 0 Å². The lowest BCUT2D eigenvalue weighted by Gasteiger charge is -2.07. The van der Waals surface area contributed by atoms with E-state index in [0.29, 0.717) is 0 Å². The molecule has 0 fully saturated rings. The smallest absolute Gasteiger partial charge is 0.0494 e. The second-order valence-electron chi connectivity index (χ2n) is 5.14. The molecule has 1 aromatic heterocycles. The standard InChI is InChI=1S/C18H15NS/c1-2-6-17-13(4-1)10-14-11-15(7-8-18(14)17)19-12-16-5-3-9-20-16/h1-9,11,19H,10,12H2. The molecule has 98 valence electrons. The van der Waals surface area contributed by atoms with Gasteiger partial charge in [-0.3, -0.25) is 0 Å². The SMILES string of the molecule is c1csc(CNc2ccc3c(c2)Cc2ccccc2-3)c1. The van der Waals surface area contributed by atoms with E-state index in [-0.39, 0.29) is 0 Å². The normalized spacial score (nSPS) is 12.0. The molecule has 0 saturated heterocycles. The maximum absolute atomic E-state index is 3.51.